The number of nitrogens with two attached hydrogens (primary N) is 1. The SMILES string of the molecule is CC(C)[C@H](N)C(=O)N[C@H]1CCN(Cc2ccccc2)C1. The van der Waals surface area contributed by atoms with Crippen molar-refractivity contribution >= 4 is 5.91 Å². The van der Waals surface area contributed by atoms with E-state index in [4.69, 9.17) is 5.73 Å². The highest BCUT2D eigenvalue weighted by atomic mass is 16.2. The standard InChI is InChI=1S/C16H25N3O/c1-12(2)15(17)16(20)18-14-8-9-19(11-14)10-13-6-4-3-5-7-13/h3-7,12,14-15H,8-11,17H2,1-2H3,(H,18,20)/t14-,15-/m0/s1. The summed E-state index contributed by atoms with van der Waals surface area (Å²) in [7, 11) is 0. The van der Waals surface area contributed by atoms with Crippen LogP contribution in [0.1, 0.15) is 25.8 Å². The molecule has 1 aliphatic rings. The van der Waals surface area contributed by atoms with Gasteiger partial charge in [-0.25, -0.2) is 0 Å². The number of nitrogens with one attached hydrogen (secondary N) is 1. The van der Waals surface area contributed by atoms with Gasteiger partial charge in [0.25, 0.3) is 0 Å². The third-order valence-corrected chi connectivity index (χ3v) is 3.89. The second-order valence-corrected chi connectivity index (χ2v) is 5.98. The highest BCUT2D eigenvalue weighted by Gasteiger charge is 2.26. The van der Waals surface area contributed by atoms with Crippen molar-refractivity contribution in [2.75, 3.05) is 13.1 Å². The summed E-state index contributed by atoms with van der Waals surface area (Å²) in [5.41, 5.74) is 7.19. The molecule has 0 bridgehead atoms. The van der Waals surface area contributed by atoms with Gasteiger partial charge in [0.2, 0.25) is 5.91 Å². The van der Waals surface area contributed by atoms with Gasteiger partial charge in [0.15, 0.2) is 0 Å². The molecule has 110 valence electrons. The lowest BCUT2D eigenvalue weighted by Crippen LogP contribution is -2.48. The van der Waals surface area contributed by atoms with Crippen LogP contribution in [0, 0.1) is 5.92 Å². The second kappa shape index (κ2) is 6.86. The van der Waals surface area contributed by atoms with Crippen LogP contribution in [0.5, 0.6) is 0 Å². The average molecular weight is 275 g/mol. The minimum absolute atomic E-state index is 0.0217. The Hall–Kier alpha value is -1.39. The summed E-state index contributed by atoms with van der Waals surface area (Å²) < 4.78 is 0. The molecule has 20 heavy (non-hydrogen) atoms. The third kappa shape index (κ3) is 4.05. The second-order valence-electron chi connectivity index (χ2n) is 5.98. The Balaban J connectivity index is 1.79. The molecule has 1 amide bonds. The minimum atomic E-state index is -0.404. The Morgan fingerprint density at radius 3 is 2.75 bits per heavy atom. The first-order valence-corrected chi connectivity index (χ1v) is 7.38. The van der Waals surface area contributed by atoms with Crippen molar-refractivity contribution in [2.45, 2.75) is 38.9 Å². The Kier molecular flexibility index (Phi) is 5.15. The van der Waals surface area contributed by atoms with Gasteiger partial charge in [0.05, 0.1) is 6.04 Å². The summed E-state index contributed by atoms with van der Waals surface area (Å²) in [6, 6.07) is 10.3. The van der Waals surface area contributed by atoms with Crippen LogP contribution in [0.3, 0.4) is 0 Å². The lowest BCUT2D eigenvalue weighted by Gasteiger charge is -2.20. The van der Waals surface area contributed by atoms with Gasteiger partial charge < -0.3 is 11.1 Å². The zero-order valence-corrected chi connectivity index (χ0v) is 12.4. The smallest absolute Gasteiger partial charge is 0.237 e. The molecule has 0 saturated carbocycles. The fourth-order valence-electron chi connectivity index (χ4n) is 2.54. The van der Waals surface area contributed by atoms with E-state index < -0.39 is 6.04 Å². The van der Waals surface area contributed by atoms with Gasteiger partial charge in [-0.2, -0.15) is 0 Å². The Bertz CT molecular complexity index is 433. The maximum atomic E-state index is 12.0. The fraction of sp³-hybridized carbons (Fsp3) is 0.562. The van der Waals surface area contributed by atoms with E-state index in [9.17, 15) is 4.79 Å². The molecule has 0 aromatic heterocycles. The highest BCUT2D eigenvalue weighted by molar-refractivity contribution is 5.82. The summed E-state index contributed by atoms with van der Waals surface area (Å²) in [4.78, 5) is 14.3. The number of benzene rings is 1. The molecule has 0 spiro atoms. The first-order valence-electron chi connectivity index (χ1n) is 7.38. The predicted molar refractivity (Wildman–Crippen MR) is 81.1 cm³/mol. The molecule has 0 aliphatic carbocycles. The van der Waals surface area contributed by atoms with Crippen LogP contribution < -0.4 is 11.1 Å². The zero-order valence-electron chi connectivity index (χ0n) is 12.4. The maximum Gasteiger partial charge on any atom is 0.237 e. The first-order chi connectivity index (χ1) is 9.56. The Morgan fingerprint density at radius 2 is 2.10 bits per heavy atom. The van der Waals surface area contributed by atoms with E-state index in [1.165, 1.54) is 5.56 Å². The van der Waals surface area contributed by atoms with Crippen LogP contribution in [-0.4, -0.2) is 36.0 Å². The molecular formula is C16H25N3O. The van der Waals surface area contributed by atoms with Crippen molar-refractivity contribution in [2.24, 2.45) is 11.7 Å². The van der Waals surface area contributed by atoms with Crippen LogP contribution in [0.15, 0.2) is 30.3 Å². The van der Waals surface area contributed by atoms with Crippen LogP contribution in [0.2, 0.25) is 0 Å². The molecule has 1 aromatic carbocycles. The van der Waals surface area contributed by atoms with E-state index in [-0.39, 0.29) is 17.9 Å². The third-order valence-electron chi connectivity index (χ3n) is 3.89. The predicted octanol–water partition coefficient (Wildman–Crippen LogP) is 1.36. The molecule has 0 radical (unpaired) electrons. The maximum absolute atomic E-state index is 12.0. The van der Waals surface area contributed by atoms with Crippen LogP contribution >= 0.6 is 0 Å². The van der Waals surface area contributed by atoms with Crippen molar-refractivity contribution in [3.63, 3.8) is 0 Å². The number of carbonyl (C=O) groups is 1. The molecule has 4 nitrogen and oxygen atoms in total. The van der Waals surface area contributed by atoms with Crippen molar-refractivity contribution in [1.29, 1.82) is 0 Å². The molecule has 2 atom stereocenters. The van der Waals surface area contributed by atoms with Crippen molar-refractivity contribution in [3.8, 4) is 0 Å². The van der Waals surface area contributed by atoms with Crippen LogP contribution in [-0.2, 0) is 11.3 Å². The fourth-order valence-corrected chi connectivity index (χ4v) is 2.54. The van der Waals surface area contributed by atoms with Gasteiger partial charge in [-0.05, 0) is 17.9 Å². The quantitative estimate of drug-likeness (QED) is 0.853. The van der Waals surface area contributed by atoms with Crippen molar-refractivity contribution in [1.82, 2.24) is 10.2 Å². The van der Waals surface area contributed by atoms with E-state index in [0.717, 1.165) is 26.1 Å². The summed E-state index contributed by atoms with van der Waals surface area (Å²) >= 11 is 0. The van der Waals surface area contributed by atoms with E-state index in [0.29, 0.717) is 0 Å². The molecule has 1 fully saturated rings. The van der Waals surface area contributed by atoms with Gasteiger partial charge in [-0.1, -0.05) is 44.2 Å². The van der Waals surface area contributed by atoms with E-state index >= 15 is 0 Å². The van der Waals surface area contributed by atoms with Gasteiger partial charge in [0, 0.05) is 25.7 Å². The minimum Gasteiger partial charge on any atom is -0.351 e. The molecule has 3 N–H and O–H groups in total. The van der Waals surface area contributed by atoms with Gasteiger partial charge in [-0.3, -0.25) is 9.69 Å². The highest BCUT2D eigenvalue weighted by Crippen LogP contribution is 2.13. The van der Waals surface area contributed by atoms with Crippen molar-refractivity contribution < 1.29 is 4.79 Å². The number of nitrogens with zero attached hydrogens (tertiary/aromatic N) is 1. The number of hydrogen-bond donors (Lipinski definition) is 2. The molecule has 1 heterocycles. The van der Waals surface area contributed by atoms with Crippen molar-refractivity contribution in [3.05, 3.63) is 35.9 Å². The summed E-state index contributed by atoms with van der Waals surface area (Å²) in [6.45, 7) is 6.83. The van der Waals surface area contributed by atoms with Gasteiger partial charge in [-0.15, -0.1) is 0 Å². The molecule has 4 heteroatoms. The topological polar surface area (TPSA) is 58.4 Å². The molecule has 1 aromatic rings. The van der Waals surface area contributed by atoms with Gasteiger partial charge >= 0.3 is 0 Å². The number of rotatable bonds is 5. The van der Waals surface area contributed by atoms with E-state index in [1.54, 1.807) is 0 Å². The van der Waals surface area contributed by atoms with Crippen LogP contribution in [0.4, 0.5) is 0 Å². The van der Waals surface area contributed by atoms with E-state index in [2.05, 4.69) is 34.5 Å². The summed E-state index contributed by atoms with van der Waals surface area (Å²) in [6.07, 6.45) is 1.00. The molecule has 1 saturated heterocycles. The lowest BCUT2D eigenvalue weighted by molar-refractivity contribution is -0.123. The van der Waals surface area contributed by atoms with E-state index in [1.807, 2.05) is 19.9 Å². The average Bonchev–Trinajstić information content (AvgIpc) is 2.86. The molecule has 1 aliphatic heterocycles. The van der Waals surface area contributed by atoms with Gasteiger partial charge in [0.1, 0.15) is 0 Å². The van der Waals surface area contributed by atoms with Crippen LogP contribution in [0.25, 0.3) is 0 Å². The Labute approximate surface area is 121 Å². The largest absolute Gasteiger partial charge is 0.351 e. The molecular weight excluding hydrogens is 250 g/mol. The normalized spacial score (nSPS) is 21.1. The summed E-state index contributed by atoms with van der Waals surface area (Å²) in [5.74, 6) is 0.156. The number of amides is 1. The lowest BCUT2D eigenvalue weighted by atomic mass is 10.0. The Morgan fingerprint density at radius 1 is 1.40 bits per heavy atom. The first kappa shape index (κ1) is 15.0. The molecule has 2 rings (SSSR count). The number of likely N-dealkylation sites (tertiary alicyclic amines) is 1. The number of hydrogen-bond acceptors (Lipinski definition) is 3. The summed E-state index contributed by atoms with van der Waals surface area (Å²) in [5, 5.41) is 3.07. The molecule has 0 unspecified atom stereocenters. The zero-order chi connectivity index (χ0) is 14.5. The monoisotopic (exact) mass is 275 g/mol. The number of carbonyl (C=O) groups excluding carboxylic acids is 1.